The van der Waals surface area contributed by atoms with E-state index in [4.69, 9.17) is 12.2 Å². The lowest BCUT2D eigenvalue weighted by atomic mass is 10.3. The third-order valence-electron chi connectivity index (χ3n) is 4.20. The highest BCUT2D eigenvalue weighted by Crippen LogP contribution is 2.24. The van der Waals surface area contributed by atoms with Crippen molar-refractivity contribution in [2.75, 3.05) is 31.5 Å². The molecule has 2 aromatic rings. The van der Waals surface area contributed by atoms with Crippen LogP contribution in [0.4, 0.5) is 18.9 Å². The van der Waals surface area contributed by atoms with Crippen LogP contribution in [0.1, 0.15) is 12.0 Å². The molecule has 1 saturated heterocycles. The Morgan fingerprint density at radius 3 is 2.56 bits per heavy atom. The Morgan fingerprint density at radius 1 is 1.11 bits per heavy atom. The molecule has 9 heteroatoms. The standard InChI is InChI=1S/C18H20F3N3OS2/c19-18(20,21)25-16-4-2-15(3-5-16)22-17(26)24-8-1-7-23(9-10-24)12-14-6-11-27-13-14/h2-6,11,13H,1,7-10,12H2,(H,22,26). The van der Waals surface area contributed by atoms with Gasteiger partial charge in [-0.15, -0.1) is 13.2 Å². The zero-order valence-electron chi connectivity index (χ0n) is 14.5. The Hall–Kier alpha value is -1.84. The molecule has 27 heavy (non-hydrogen) atoms. The summed E-state index contributed by atoms with van der Waals surface area (Å²) < 4.78 is 40.5. The van der Waals surface area contributed by atoms with Crippen LogP contribution in [0.3, 0.4) is 0 Å². The molecule has 0 unspecified atom stereocenters. The second-order valence-corrected chi connectivity index (χ2v) is 7.42. The van der Waals surface area contributed by atoms with Gasteiger partial charge in [0.05, 0.1) is 0 Å². The van der Waals surface area contributed by atoms with E-state index in [1.54, 1.807) is 11.3 Å². The molecular weight excluding hydrogens is 395 g/mol. The maximum absolute atomic E-state index is 12.2. The van der Waals surface area contributed by atoms with Gasteiger partial charge in [-0.1, -0.05) is 0 Å². The number of rotatable bonds is 4. The number of ether oxygens (including phenoxy) is 1. The zero-order valence-corrected chi connectivity index (χ0v) is 16.2. The first kappa shape index (κ1) is 19.9. The number of hydrogen-bond acceptors (Lipinski definition) is 4. The average Bonchev–Trinajstić information content (AvgIpc) is 2.99. The van der Waals surface area contributed by atoms with E-state index in [1.807, 2.05) is 0 Å². The lowest BCUT2D eigenvalue weighted by molar-refractivity contribution is -0.274. The van der Waals surface area contributed by atoms with Crippen molar-refractivity contribution >= 4 is 34.4 Å². The second kappa shape index (κ2) is 8.90. The van der Waals surface area contributed by atoms with Gasteiger partial charge in [-0.2, -0.15) is 11.3 Å². The lowest BCUT2D eigenvalue weighted by Gasteiger charge is -2.24. The van der Waals surface area contributed by atoms with Crippen molar-refractivity contribution in [2.45, 2.75) is 19.3 Å². The largest absolute Gasteiger partial charge is 0.573 e. The molecule has 0 bridgehead atoms. The SMILES string of the molecule is FC(F)(F)Oc1ccc(NC(=S)N2CCCN(Cc3ccsc3)CC2)cc1. The average molecular weight is 416 g/mol. The van der Waals surface area contributed by atoms with Gasteiger partial charge in [0.2, 0.25) is 0 Å². The molecule has 1 aliphatic rings. The highest BCUT2D eigenvalue weighted by Gasteiger charge is 2.31. The van der Waals surface area contributed by atoms with E-state index >= 15 is 0 Å². The van der Waals surface area contributed by atoms with Crippen LogP contribution in [0.2, 0.25) is 0 Å². The first-order valence-corrected chi connectivity index (χ1v) is 9.89. The molecule has 0 atom stereocenters. The molecule has 1 aromatic carbocycles. The molecule has 0 aliphatic carbocycles. The molecule has 1 N–H and O–H groups in total. The van der Waals surface area contributed by atoms with E-state index in [0.717, 1.165) is 39.1 Å². The van der Waals surface area contributed by atoms with Crippen molar-refractivity contribution in [1.29, 1.82) is 0 Å². The minimum Gasteiger partial charge on any atom is -0.406 e. The van der Waals surface area contributed by atoms with Crippen LogP contribution in [0.5, 0.6) is 5.75 Å². The van der Waals surface area contributed by atoms with E-state index in [2.05, 4.69) is 36.7 Å². The van der Waals surface area contributed by atoms with Crippen LogP contribution in [0, 0.1) is 0 Å². The van der Waals surface area contributed by atoms with Gasteiger partial charge in [-0.05, 0) is 65.3 Å². The summed E-state index contributed by atoms with van der Waals surface area (Å²) in [6, 6.07) is 7.72. The Balaban J connectivity index is 1.50. The second-order valence-electron chi connectivity index (χ2n) is 6.25. The third kappa shape index (κ3) is 6.37. The van der Waals surface area contributed by atoms with E-state index in [0.29, 0.717) is 10.8 Å². The van der Waals surface area contributed by atoms with Gasteiger partial charge in [0.15, 0.2) is 5.11 Å². The first-order chi connectivity index (χ1) is 12.9. The van der Waals surface area contributed by atoms with Crippen LogP contribution in [0.25, 0.3) is 0 Å². The number of hydrogen-bond donors (Lipinski definition) is 1. The normalized spacial score (nSPS) is 16.0. The molecule has 3 rings (SSSR count). The molecule has 1 aromatic heterocycles. The van der Waals surface area contributed by atoms with Crippen molar-refractivity contribution in [3.05, 3.63) is 46.7 Å². The molecule has 0 amide bonds. The predicted molar refractivity (Wildman–Crippen MR) is 105 cm³/mol. The monoisotopic (exact) mass is 415 g/mol. The number of thiophene rings is 1. The van der Waals surface area contributed by atoms with Gasteiger partial charge >= 0.3 is 6.36 Å². The summed E-state index contributed by atoms with van der Waals surface area (Å²) in [5, 5.41) is 7.93. The fourth-order valence-corrected chi connectivity index (χ4v) is 3.88. The van der Waals surface area contributed by atoms with Gasteiger partial charge < -0.3 is 15.0 Å². The maximum atomic E-state index is 12.2. The maximum Gasteiger partial charge on any atom is 0.573 e. The van der Waals surface area contributed by atoms with Crippen LogP contribution in [0.15, 0.2) is 41.1 Å². The highest BCUT2D eigenvalue weighted by molar-refractivity contribution is 7.80. The van der Waals surface area contributed by atoms with Crippen LogP contribution < -0.4 is 10.1 Å². The molecule has 1 aliphatic heterocycles. The molecule has 4 nitrogen and oxygen atoms in total. The molecule has 1 fully saturated rings. The van der Waals surface area contributed by atoms with Crippen molar-refractivity contribution in [3.63, 3.8) is 0 Å². The minimum atomic E-state index is -4.69. The first-order valence-electron chi connectivity index (χ1n) is 8.54. The number of nitrogens with zero attached hydrogens (tertiary/aromatic N) is 2. The lowest BCUT2D eigenvalue weighted by Crippen LogP contribution is -2.37. The summed E-state index contributed by atoms with van der Waals surface area (Å²) in [5.41, 5.74) is 1.96. The van der Waals surface area contributed by atoms with E-state index in [1.165, 1.54) is 29.8 Å². The molecule has 2 heterocycles. The summed E-state index contributed by atoms with van der Waals surface area (Å²) in [7, 11) is 0. The highest BCUT2D eigenvalue weighted by atomic mass is 32.1. The summed E-state index contributed by atoms with van der Waals surface area (Å²) >= 11 is 7.18. The number of halogens is 3. The Bertz CT molecular complexity index is 735. The predicted octanol–water partition coefficient (Wildman–Crippen LogP) is 4.55. The fraction of sp³-hybridized carbons (Fsp3) is 0.389. The van der Waals surface area contributed by atoms with Crippen LogP contribution in [-0.2, 0) is 6.54 Å². The number of thiocarbonyl (C=S) groups is 1. The topological polar surface area (TPSA) is 27.7 Å². The van der Waals surface area contributed by atoms with Gasteiger partial charge in [0.25, 0.3) is 0 Å². The van der Waals surface area contributed by atoms with E-state index < -0.39 is 6.36 Å². The third-order valence-corrected chi connectivity index (χ3v) is 5.29. The molecular formula is C18H20F3N3OS2. The van der Waals surface area contributed by atoms with Crippen molar-refractivity contribution in [1.82, 2.24) is 9.80 Å². The summed E-state index contributed by atoms with van der Waals surface area (Å²) in [5.74, 6) is -0.252. The van der Waals surface area contributed by atoms with E-state index in [-0.39, 0.29) is 5.75 Å². The summed E-state index contributed by atoms with van der Waals surface area (Å²) in [4.78, 5) is 4.51. The minimum absolute atomic E-state index is 0.252. The van der Waals surface area contributed by atoms with E-state index in [9.17, 15) is 13.2 Å². The number of anilines is 1. The zero-order chi connectivity index (χ0) is 19.3. The molecule has 0 radical (unpaired) electrons. The van der Waals surface area contributed by atoms with Crippen molar-refractivity contribution < 1.29 is 17.9 Å². The van der Waals surface area contributed by atoms with Gasteiger partial charge in [-0.25, -0.2) is 0 Å². The fourth-order valence-electron chi connectivity index (χ4n) is 2.92. The van der Waals surface area contributed by atoms with Gasteiger partial charge in [0, 0.05) is 38.4 Å². The van der Waals surface area contributed by atoms with Gasteiger partial charge in [0.1, 0.15) is 5.75 Å². The summed E-state index contributed by atoms with van der Waals surface area (Å²) in [6.45, 7) is 4.53. The Kier molecular flexibility index (Phi) is 6.56. The Labute approximate surface area is 165 Å². The quantitative estimate of drug-likeness (QED) is 0.740. The Morgan fingerprint density at radius 2 is 1.89 bits per heavy atom. The van der Waals surface area contributed by atoms with Crippen molar-refractivity contribution in [3.8, 4) is 5.75 Å². The number of nitrogens with one attached hydrogen (secondary N) is 1. The van der Waals surface area contributed by atoms with Crippen LogP contribution >= 0.6 is 23.6 Å². The number of alkyl halides is 3. The molecule has 0 saturated carbocycles. The molecule has 0 spiro atoms. The molecule has 146 valence electrons. The summed E-state index contributed by atoms with van der Waals surface area (Å²) in [6.07, 6.45) is -3.69. The van der Waals surface area contributed by atoms with Crippen molar-refractivity contribution in [2.24, 2.45) is 0 Å². The number of benzene rings is 1. The van der Waals surface area contributed by atoms with Gasteiger partial charge in [-0.3, -0.25) is 4.90 Å². The smallest absolute Gasteiger partial charge is 0.406 e. The van der Waals surface area contributed by atoms with Crippen LogP contribution in [-0.4, -0.2) is 47.5 Å².